The van der Waals surface area contributed by atoms with Crippen LogP contribution in [-0.4, -0.2) is 53.4 Å². The van der Waals surface area contributed by atoms with Crippen LogP contribution in [0.5, 0.6) is 0 Å². The van der Waals surface area contributed by atoms with Crippen molar-refractivity contribution in [2.75, 3.05) is 19.6 Å². The van der Waals surface area contributed by atoms with Gasteiger partial charge in [-0.25, -0.2) is 0 Å². The summed E-state index contributed by atoms with van der Waals surface area (Å²) in [4.78, 5) is 29.8. The Morgan fingerprint density at radius 2 is 1.87 bits per heavy atom. The number of carbonyl (C=O) groups excluding carboxylic acids is 2. The van der Waals surface area contributed by atoms with Crippen molar-refractivity contribution in [1.82, 2.24) is 9.80 Å². The van der Waals surface area contributed by atoms with E-state index in [1.54, 1.807) is 11.0 Å². The number of benzene rings is 1. The Labute approximate surface area is 177 Å². The van der Waals surface area contributed by atoms with Gasteiger partial charge in [0.15, 0.2) is 5.76 Å². The molecule has 2 aromatic rings. The summed E-state index contributed by atoms with van der Waals surface area (Å²) in [6, 6.07) is 12.0. The van der Waals surface area contributed by atoms with E-state index >= 15 is 0 Å². The topological polar surface area (TPSA) is 63.0 Å². The van der Waals surface area contributed by atoms with Gasteiger partial charge in [0.2, 0.25) is 5.91 Å². The summed E-state index contributed by atoms with van der Waals surface area (Å²) in [5.74, 6) is 0.0608. The van der Waals surface area contributed by atoms with Gasteiger partial charge in [-0.05, 0) is 31.4 Å². The molecule has 2 heterocycles. The molecular weight excluding hydrogens is 380 g/mol. The van der Waals surface area contributed by atoms with Crippen molar-refractivity contribution in [2.45, 2.75) is 57.8 Å². The van der Waals surface area contributed by atoms with Gasteiger partial charge < -0.3 is 19.0 Å². The van der Waals surface area contributed by atoms with E-state index in [4.69, 9.17) is 9.15 Å². The first-order valence-corrected chi connectivity index (χ1v) is 10.9. The van der Waals surface area contributed by atoms with E-state index in [9.17, 15) is 9.59 Å². The molecule has 30 heavy (non-hydrogen) atoms. The second kappa shape index (κ2) is 9.47. The van der Waals surface area contributed by atoms with Gasteiger partial charge in [0.1, 0.15) is 6.54 Å². The Bertz CT molecular complexity index is 857. The van der Waals surface area contributed by atoms with Crippen LogP contribution in [0.3, 0.4) is 0 Å². The Morgan fingerprint density at radius 1 is 1.10 bits per heavy atom. The second-order valence-corrected chi connectivity index (χ2v) is 8.37. The van der Waals surface area contributed by atoms with Gasteiger partial charge in [-0.2, -0.15) is 0 Å². The predicted molar refractivity (Wildman–Crippen MR) is 113 cm³/mol. The molecule has 2 fully saturated rings. The lowest BCUT2D eigenvalue weighted by Crippen LogP contribution is -2.46. The molecule has 1 aliphatic heterocycles. The molecule has 0 unspecified atom stereocenters. The summed E-state index contributed by atoms with van der Waals surface area (Å²) in [6.07, 6.45) is 6.87. The molecule has 1 aromatic heterocycles. The van der Waals surface area contributed by atoms with Crippen molar-refractivity contribution in [2.24, 2.45) is 0 Å². The fraction of sp³-hybridized carbons (Fsp3) is 0.500. The molecule has 6 heteroatoms. The lowest BCUT2D eigenvalue weighted by molar-refractivity contribution is -0.134. The maximum absolute atomic E-state index is 13.1. The van der Waals surface area contributed by atoms with E-state index in [0.717, 1.165) is 36.8 Å². The smallest absolute Gasteiger partial charge is 0.290 e. The lowest BCUT2D eigenvalue weighted by Gasteiger charge is -2.34. The molecule has 1 saturated carbocycles. The molecule has 160 valence electrons. The number of furan rings is 1. The average molecular weight is 411 g/mol. The zero-order valence-electron chi connectivity index (χ0n) is 17.6. The van der Waals surface area contributed by atoms with Crippen LogP contribution in [0.1, 0.15) is 53.8 Å². The minimum atomic E-state index is -0.246. The zero-order valence-corrected chi connectivity index (χ0v) is 17.6. The van der Waals surface area contributed by atoms with Crippen LogP contribution in [0.2, 0.25) is 0 Å². The SMILES string of the molecule is Cc1ccoc1C(=O)N1CC(=O)N(C2CCCCC2)C[C@H](OCc2ccccc2)C1. The molecule has 2 amide bonds. The van der Waals surface area contributed by atoms with Crippen LogP contribution in [-0.2, 0) is 16.1 Å². The van der Waals surface area contributed by atoms with Crippen LogP contribution in [0.4, 0.5) is 0 Å². The third-order valence-corrected chi connectivity index (χ3v) is 6.16. The van der Waals surface area contributed by atoms with E-state index in [1.807, 2.05) is 42.2 Å². The Hall–Kier alpha value is -2.60. The maximum atomic E-state index is 13.1. The average Bonchev–Trinajstić information content (AvgIpc) is 3.13. The lowest BCUT2D eigenvalue weighted by atomic mass is 9.94. The number of ether oxygens (including phenoxy) is 1. The highest BCUT2D eigenvalue weighted by molar-refractivity contribution is 5.95. The third kappa shape index (κ3) is 4.75. The van der Waals surface area contributed by atoms with Crippen LogP contribution in [0.25, 0.3) is 0 Å². The highest BCUT2D eigenvalue weighted by Gasteiger charge is 2.36. The first kappa shape index (κ1) is 20.7. The van der Waals surface area contributed by atoms with E-state index in [-0.39, 0.29) is 30.5 Å². The van der Waals surface area contributed by atoms with Crippen molar-refractivity contribution in [1.29, 1.82) is 0 Å². The molecule has 0 N–H and O–H groups in total. The Morgan fingerprint density at radius 3 is 2.57 bits per heavy atom. The van der Waals surface area contributed by atoms with E-state index in [2.05, 4.69) is 0 Å². The van der Waals surface area contributed by atoms with Gasteiger partial charge in [-0.1, -0.05) is 49.6 Å². The van der Waals surface area contributed by atoms with Crippen molar-refractivity contribution >= 4 is 11.8 Å². The molecule has 0 radical (unpaired) electrons. The van der Waals surface area contributed by atoms with Crippen molar-refractivity contribution in [3.05, 3.63) is 59.5 Å². The van der Waals surface area contributed by atoms with Crippen LogP contribution in [0.15, 0.2) is 47.1 Å². The summed E-state index contributed by atoms with van der Waals surface area (Å²) < 4.78 is 11.6. The number of rotatable bonds is 5. The second-order valence-electron chi connectivity index (χ2n) is 8.37. The quantitative estimate of drug-likeness (QED) is 0.752. The van der Waals surface area contributed by atoms with Gasteiger partial charge in [-0.15, -0.1) is 0 Å². The van der Waals surface area contributed by atoms with Crippen LogP contribution >= 0.6 is 0 Å². The minimum absolute atomic E-state index is 0.00488. The predicted octanol–water partition coefficient (Wildman–Crippen LogP) is 3.79. The first-order chi connectivity index (χ1) is 14.6. The summed E-state index contributed by atoms with van der Waals surface area (Å²) in [5.41, 5.74) is 1.86. The number of hydrogen-bond donors (Lipinski definition) is 0. The molecule has 6 nitrogen and oxygen atoms in total. The van der Waals surface area contributed by atoms with E-state index < -0.39 is 0 Å². The van der Waals surface area contributed by atoms with Crippen LogP contribution < -0.4 is 0 Å². The van der Waals surface area contributed by atoms with E-state index in [0.29, 0.717) is 25.5 Å². The van der Waals surface area contributed by atoms with Crippen LogP contribution in [0, 0.1) is 6.92 Å². The molecular formula is C24H30N2O4. The van der Waals surface area contributed by atoms with Gasteiger partial charge >= 0.3 is 0 Å². The monoisotopic (exact) mass is 410 g/mol. The molecule has 1 saturated heterocycles. The normalized spacial score (nSPS) is 21.0. The van der Waals surface area contributed by atoms with Gasteiger partial charge in [-0.3, -0.25) is 9.59 Å². The summed E-state index contributed by atoms with van der Waals surface area (Å²) >= 11 is 0. The maximum Gasteiger partial charge on any atom is 0.290 e. The van der Waals surface area contributed by atoms with Crippen molar-refractivity contribution < 1.29 is 18.7 Å². The molecule has 0 bridgehead atoms. The van der Waals surface area contributed by atoms with Gasteiger partial charge in [0.25, 0.3) is 5.91 Å². The Kier molecular flexibility index (Phi) is 6.53. The van der Waals surface area contributed by atoms with Gasteiger partial charge in [0, 0.05) is 24.7 Å². The molecule has 2 aliphatic rings. The first-order valence-electron chi connectivity index (χ1n) is 10.9. The summed E-state index contributed by atoms with van der Waals surface area (Å²) in [5, 5.41) is 0. The minimum Gasteiger partial charge on any atom is -0.459 e. The number of nitrogens with zero attached hydrogens (tertiary/aromatic N) is 2. The fourth-order valence-corrected chi connectivity index (χ4v) is 4.47. The highest BCUT2D eigenvalue weighted by Crippen LogP contribution is 2.25. The third-order valence-electron chi connectivity index (χ3n) is 6.16. The summed E-state index contributed by atoms with van der Waals surface area (Å²) in [7, 11) is 0. The molecule has 1 aromatic carbocycles. The largest absolute Gasteiger partial charge is 0.459 e. The van der Waals surface area contributed by atoms with E-state index in [1.165, 1.54) is 12.7 Å². The number of carbonyl (C=O) groups is 2. The molecule has 1 atom stereocenters. The van der Waals surface area contributed by atoms with Crippen molar-refractivity contribution in [3.63, 3.8) is 0 Å². The summed E-state index contributed by atoms with van der Waals surface area (Å²) in [6.45, 7) is 3.27. The van der Waals surface area contributed by atoms with Crippen molar-refractivity contribution in [3.8, 4) is 0 Å². The number of aryl methyl sites for hydroxylation is 1. The number of amides is 2. The highest BCUT2D eigenvalue weighted by atomic mass is 16.5. The molecule has 0 spiro atoms. The standard InChI is InChI=1S/C24H30N2O4/c1-18-12-13-29-23(18)24(28)25-14-21(30-17-19-8-4-2-5-9-19)15-26(22(27)16-25)20-10-6-3-7-11-20/h2,4-5,8-9,12-13,20-21H,3,6-7,10-11,14-17H2,1H3/t21-/m1/s1. The Balaban J connectivity index is 1.53. The zero-order chi connectivity index (χ0) is 20.9. The fourth-order valence-electron chi connectivity index (χ4n) is 4.47. The molecule has 1 aliphatic carbocycles. The number of hydrogen-bond acceptors (Lipinski definition) is 4. The van der Waals surface area contributed by atoms with Gasteiger partial charge in [0.05, 0.1) is 19.0 Å². The molecule has 4 rings (SSSR count).